The van der Waals surface area contributed by atoms with Gasteiger partial charge in [-0.1, -0.05) is 25.8 Å². The van der Waals surface area contributed by atoms with E-state index < -0.39 is 11.6 Å². The third kappa shape index (κ3) is 2.89. The molecule has 1 aromatic carbocycles. The molecule has 0 spiro atoms. The highest BCUT2D eigenvalue weighted by molar-refractivity contribution is 5.50. The highest BCUT2D eigenvalue weighted by Gasteiger charge is 2.25. The van der Waals surface area contributed by atoms with E-state index in [4.69, 9.17) is 5.73 Å². The van der Waals surface area contributed by atoms with Crippen LogP contribution in [0.3, 0.4) is 0 Å². The van der Waals surface area contributed by atoms with Crippen LogP contribution in [0.25, 0.3) is 0 Å². The lowest BCUT2D eigenvalue weighted by Crippen LogP contribution is -2.36. The Morgan fingerprint density at radius 2 is 2.00 bits per heavy atom. The molecule has 0 radical (unpaired) electrons. The van der Waals surface area contributed by atoms with E-state index in [1.165, 1.54) is 6.42 Å². The smallest absolute Gasteiger partial charge is 0.182 e. The van der Waals surface area contributed by atoms with Crippen molar-refractivity contribution in [1.82, 2.24) is 0 Å². The van der Waals surface area contributed by atoms with Gasteiger partial charge in [-0.25, -0.2) is 8.78 Å². The quantitative estimate of drug-likeness (QED) is 0.910. The molecular weight excluding hydrogens is 246 g/mol. The minimum atomic E-state index is -0.810. The van der Waals surface area contributed by atoms with E-state index in [9.17, 15) is 8.78 Å². The molecule has 106 valence electrons. The second-order valence-corrected chi connectivity index (χ2v) is 5.61. The Labute approximate surface area is 113 Å². The van der Waals surface area contributed by atoms with Gasteiger partial charge in [0.05, 0.1) is 5.69 Å². The van der Waals surface area contributed by atoms with E-state index in [0.717, 1.165) is 19.3 Å². The monoisotopic (exact) mass is 268 g/mol. The fourth-order valence-electron chi connectivity index (χ4n) is 2.96. The van der Waals surface area contributed by atoms with Gasteiger partial charge in [-0.2, -0.15) is 0 Å². The number of benzene rings is 1. The Bertz CT molecular complexity index is 448. The summed E-state index contributed by atoms with van der Waals surface area (Å²) in [5, 5.41) is 0. The Kier molecular flexibility index (Phi) is 4.40. The van der Waals surface area contributed by atoms with Gasteiger partial charge in [0.25, 0.3) is 0 Å². The fraction of sp³-hybridized carbons (Fsp3) is 0.600. The molecule has 2 atom stereocenters. The zero-order valence-electron chi connectivity index (χ0n) is 11.6. The van der Waals surface area contributed by atoms with E-state index in [1.54, 1.807) is 12.1 Å². The number of hydrogen-bond donors (Lipinski definition) is 1. The molecule has 2 rings (SSSR count). The average Bonchev–Trinajstić information content (AvgIpc) is 2.41. The van der Waals surface area contributed by atoms with Gasteiger partial charge in [0.2, 0.25) is 0 Å². The zero-order chi connectivity index (χ0) is 14.0. The highest BCUT2D eigenvalue weighted by atomic mass is 19.2. The molecule has 1 aromatic rings. The van der Waals surface area contributed by atoms with Gasteiger partial charge in [-0.05, 0) is 24.8 Å². The van der Waals surface area contributed by atoms with Crippen LogP contribution >= 0.6 is 0 Å². The Morgan fingerprint density at radius 3 is 2.63 bits per heavy atom. The van der Waals surface area contributed by atoms with Crippen LogP contribution in [0, 0.1) is 17.6 Å². The summed E-state index contributed by atoms with van der Waals surface area (Å²) in [6.45, 7) is 2.24. The molecule has 2 N–H and O–H groups in total. The topological polar surface area (TPSA) is 29.3 Å². The maximum atomic E-state index is 14.1. The van der Waals surface area contributed by atoms with Crippen LogP contribution in [0.15, 0.2) is 12.1 Å². The third-order valence-electron chi connectivity index (χ3n) is 4.20. The Balaban J connectivity index is 2.23. The van der Waals surface area contributed by atoms with Gasteiger partial charge in [0, 0.05) is 25.2 Å². The first-order valence-corrected chi connectivity index (χ1v) is 6.94. The Hall–Kier alpha value is -1.16. The minimum absolute atomic E-state index is 0.0210. The SMILES string of the molecule is CC1CCCC(N(C)c2ccc(CN)c(F)c2F)C1. The third-order valence-corrected chi connectivity index (χ3v) is 4.20. The first kappa shape index (κ1) is 14.3. The van der Waals surface area contributed by atoms with Crippen LogP contribution in [-0.2, 0) is 6.54 Å². The molecule has 0 aromatic heterocycles. The summed E-state index contributed by atoms with van der Waals surface area (Å²) in [5.74, 6) is -0.934. The molecule has 0 aliphatic heterocycles. The number of rotatable bonds is 3. The summed E-state index contributed by atoms with van der Waals surface area (Å²) in [6.07, 6.45) is 4.46. The molecule has 1 saturated carbocycles. The normalized spacial score (nSPS) is 23.4. The van der Waals surface area contributed by atoms with E-state index >= 15 is 0 Å². The largest absolute Gasteiger partial charge is 0.369 e. The average molecular weight is 268 g/mol. The summed E-state index contributed by atoms with van der Waals surface area (Å²) in [5.41, 5.74) is 5.96. The van der Waals surface area contributed by atoms with Crippen LogP contribution in [0.5, 0.6) is 0 Å². The predicted molar refractivity (Wildman–Crippen MR) is 74.1 cm³/mol. The van der Waals surface area contributed by atoms with Gasteiger partial charge in [0.15, 0.2) is 11.6 Å². The van der Waals surface area contributed by atoms with Crippen LogP contribution in [-0.4, -0.2) is 13.1 Å². The molecule has 4 heteroatoms. The summed E-state index contributed by atoms with van der Waals surface area (Å²) >= 11 is 0. The van der Waals surface area contributed by atoms with Gasteiger partial charge in [-0.15, -0.1) is 0 Å². The molecule has 1 aliphatic carbocycles. The summed E-state index contributed by atoms with van der Waals surface area (Å²) in [6, 6.07) is 3.51. The molecule has 1 aliphatic rings. The van der Waals surface area contributed by atoms with Crippen molar-refractivity contribution in [2.24, 2.45) is 11.7 Å². The second kappa shape index (κ2) is 5.87. The highest BCUT2D eigenvalue weighted by Crippen LogP contribution is 2.31. The van der Waals surface area contributed by atoms with Crippen molar-refractivity contribution in [3.8, 4) is 0 Å². The van der Waals surface area contributed by atoms with Crippen LogP contribution in [0.4, 0.5) is 14.5 Å². The lowest BCUT2D eigenvalue weighted by molar-refractivity contribution is 0.334. The molecule has 0 saturated heterocycles. The van der Waals surface area contributed by atoms with E-state index in [0.29, 0.717) is 17.6 Å². The predicted octanol–water partition coefficient (Wildman–Crippen LogP) is 3.44. The van der Waals surface area contributed by atoms with Gasteiger partial charge in [0.1, 0.15) is 0 Å². The molecule has 1 fully saturated rings. The van der Waals surface area contributed by atoms with Crippen molar-refractivity contribution in [2.45, 2.75) is 45.2 Å². The van der Waals surface area contributed by atoms with E-state index in [-0.39, 0.29) is 12.1 Å². The van der Waals surface area contributed by atoms with Crippen molar-refractivity contribution < 1.29 is 8.78 Å². The lowest BCUT2D eigenvalue weighted by Gasteiger charge is -2.35. The maximum absolute atomic E-state index is 14.1. The van der Waals surface area contributed by atoms with Crippen LogP contribution in [0.1, 0.15) is 38.2 Å². The minimum Gasteiger partial charge on any atom is -0.369 e. The molecule has 0 amide bonds. The molecule has 0 bridgehead atoms. The van der Waals surface area contributed by atoms with Crippen LogP contribution in [0.2, 0.25) is 0 Å². The summed E-state index contributed by atoms with van der Waals surface area (Å²) in [7, 11) is 1.85. The van der Waals surface area contributed by atoms with Gasteiger partial charge in [-0.3, -0.25) is 0 Å². The van der Waals surface area contributed by atoms with E-state index in [1.807, 2.05) is 11.9 Å². The van der Waals surface area contributed by atoms with Gasteiger partial charge >= 0.3 is 0 Å². The fourth-order valence-corrected chi connectivity index (χ4v) is 2.96. The first-order chi connectivity index (χ1) is 9.04. The first-order valence-electron chi connectivity index (χ1n) is 6.94. The maximum Gasteiger partial charge on any atom is 0.182 e. The number of halogens is 2. The van der Waals surface area contributed by atoms with Crippen LogP contribution < -0.4 is 10.6 Å². The number of anilines is 1. The summed E-state index contributed by atoms with van der Waals surface area (Å²) in [4.78, 5) is 1.88. The van der Waals surface area contributed by atoms with Crippen molar-refractivity contribution >= 4 is 5.69 Å². The second-order valence-electron chi connectivity index (χ2n) is 5.61. The molecule has 2 unspecified atom stereocenters. The lowest BCUT2D eigenvalue weighted by atomic mass is 9.86. The van der Waals surface area contributed by atoms with E-state index in [2.05, 4.69) is 6.92 Å². The molecule has 0 heterocycles. The standard InChI is InChI=1S/C15H22F2N2/c1-10-4-3-5-12(8-10)19(2)13-7-6-11(9-18)14(16)15(13)17/h6-7,10,12H,3-5,8-9,18H2,1-2H3. The zero-order valence-corrected chi connectivity index (χ0v) is 11.6. The Morgan fingerprint density at radius 1 is 1.26 bits per heavy atom. The van der Waals surface area contributed by atoms with Crippen molar-refractivity contribution in [1.29, 1.82) is 0 Å². The molecular formula is C15H22F2N2. The molecule has 2 nitrogen and oxygen atoms in total. The number of hydrogen-bond acceptors (Lipinski definition) is 2. The number of nitrogens with two attached hydrogens (primary N) is 1. The van der Waals surface area contributed by atoms with Crippen molar-refractivity contribution in [3.63, 3.8) is 0 Å². The molecule has 19 heavy (non-hydrogen) atoms. The van der Waals surface area contributed by atoms with Crippen molar-refractivity contribution in [3.05, 3.63) is 29.3 Å². The van der Waals surface area contributed by atoms with Gasteiger partial charge < -0.3 is 10.6 Å². The summed E-state index contributed by atoms with van der Waals surface area (Å²) < 4.78 is 27.9. The van der Waals surface area contributed by atoms with Crippen molar-refractivity contribution in [2.75, 3.05) is 11.9 Å². The number of nitrogens with zero attached hydrogens (tertiary/aromatic N) is 1.